The van der Waals surface area contributed by atoms with Gasteiger partial charge in [-0.15, -0.1) is 0 Å². The highest BCUT2D eigenvalue weighted by atomic mass is 16.2. The Morgan fingerprint density at radius 1 is 1.07 bits per heavy atom. The van der Waals surface area contributed by atoms with E-state index in [9.17, 15) is 19.2 Å². The summed E-state index contributed by atoms with van der Waals surface area (Å²) >= 11 is 0. The van der Waals surface area contributed by atoms with Gasteiger partial charge in [-0.1, -0.05) is 6.92 Å². The van der Waals surface area contributed by atoms with Crippen LogP contribution in [0.2, 0.25) is 0 Å². The second kappa shape index (κ2) is 7.61. The van der Waals surface area contributed by atoms with E-state index in [2.05, 4.69) is 10.2 Å². The Bertz CT molecular complexity index is 799. The maximum absolute atomic E-state index is 12.6. The molecule has 0 unspecified atom stereocenters. The number of rotatable bonds is 5. The van der Waals surface area contributed by atoms with E-state index in [0.717, 1.165) is 10.6 Å². The molecule has 0 aliphatic carbocycles. The molecule has 2 heterocycles. The van der Waals surface area contributed by atoms with Crippen LogP contribution in [0.4, 0.5) is 10.5 Å². The number of hydrogen-bond donors (Lipinski definition) is 1. The summed E-state index contributed by atoms with van der Waals surface area (Å²) in [5.74, 6) is -0.547. The van der Waals surface area contributed by atoms with E-state index in [4.69, 9.17) is 0 Å². The predicted molar refractivity (Wildman–Crippen MR) is 104 cm³/mol. The SMILES string of the molecule is CC[C@@]1(C)NC(=O)N(CC(=O)N2CCN(c3ccc(C(C)=O)cc3)CC2)C1=O. The zero-order valence-corrected chi connectivity index (χ0v) is 16.5. The Labute approximate surface area is 164 Å². The zero-order chi connectivity index (χ0) is 20.5. The fraction of sp³-hybridized carbons (Fsp3) is 0.500. The van der Waals surface area contributed by atoms with Gasteiger partial charge in [-0.3, -0.25) is 19.3 Å². The van der Waals surface area contributed by atoms with Crippen LogP contribution in [0.3, 0.4) is 0 Å². The van der Waals surface area contributed by atoms with Crippen LogP contribution in [-0.4, -0.2) is 71.7 Å². The minimum absolute atomic E-state index is 0.0293. The molecule has 1 atom stereocenters. The molecule has 1 aromatic carbocycles. The Balaban J connectivity index is 1.56. The third-order valence-corrected chi connectivity index (χ3v) is 5.62. The van der Waals surface area contributed by atoms with Crippen molar-refractivity contribution >= 4 is 29.3 Å². The number of Topliss-reactive ketones (excluding diaryl/α,β-unsaturated/α-hetero) is 1. The molecule has 0 saturated carbocycles. The van der Waals surface area contributed by atoms with Gasteiger partial charge < -0.3 is 15.1 Å². The number of carbonyl (C=O) groups excluding carboxylic acids is 4. The molecular weight excluding hydrogens is 360 g/mol. The summed E-state index contributed by atoms with van der Waals surface area (Å²) in [6, 6.07) is 6.92. The number of nitrogens with zero attached hydrogens (tertiary/aromatic N) is 3. The normalized spacial score (nSPS) is 22.5. The number of nitrogens with one attached hydrogen (secondary N) is 1. The average Bonchev–Trinajstić information content (AvgIpc) is 2.91. The first-order valence-electron chi connectivity index (χ1n) is 9.53. The summed E-state index contributed by atoms with van der Waals surface area (Å²) in [5.41, 5.74) is 0.748. The number of ketones is 1. The lowest BCUT2D eigenvalue weighted by Gasteiger charge is -2.36. The average molecular weight is 386 g/mol. The van der Waals surface area contributed by atoms with Gasteiger partial charge in [0.25, 0.3) is 5.91 Å². The molecule has 2 fully saturated rings. The maximum atomic E-state index is 12.6. The number of urea groups is 1. The maximum Gasteiger partial charge on any atom is 0.325 e. The van der Waals surface area contributed by atoms with E-state index in [1.54, 1.807) is 24.0 Å². The smallest absolute Gasteiger partial charge is 0.325 e. The van der Waals surface area contributed by atoms with Gasteiger partial charge in [0.05, 0.1) is 0 Å². The molecule has 8 heteroatoms. The lowest BCUT2D eigenvalue weighted by molar-refractivity contribution is -0.139. The fourth-order valence-corrected chi connectivity index (χ4v) is 3.49. The summed E-state index contributed by atoms with van der Waals surface area (Å²) in [6.45, 7) is 7.14. The molecule has 2 saturated heterocycles. The predicted octanol–water partition coefficient (Wildman–Crippen LogP) is 1.26. The highest BCUT2D eigenvalue weighted by Crippen LogP contribution is 2.21. The van der Waals surface area contributed by atoms with Crippen LogP contribution >= 0.6 is 0 Å². The van der Waals surface area contributed by atoms with Crippen LogP contribution < -0.4 is 10.2 Å². The molecule has 4 amide bonds. The Kier molecular flexibility index (Phi) is 5.40. The van der Waals surface area contributed by atoms with Crippen molar-refractivity contribution in [2.45, 2.75) is 32.7 Å². The van der Waals surface area contributed by atoms with Crippen LogP contribution in [0, 0.1) is 0 Å². The molecule has 150 valence electrons. The topological polar surface area (TPSA) is 90.0 Å². The second-order valence-electron chi connectivity index (χ2n) is 7.48. The number of benzene rings is 1. The molecule has 3 rings (SSSR count). The molecule has 1 N–H and O–H groups in total. The summed E-state index contributed by atoms with van der Waals surface area (Å²) in [6.07, 6.45) is 0.476. The van der Waals surface area contributed by atoms with Crippen LogP contribution in [0.15, 0.2) is 24.3 Å². The second-order valence-corrected chi connectivity index (χ2v) is 7.48. The lowest BCUT2D eigenvalue weighted by atomic mass is 9.99. The monoisotopic (exact) mass is 386 g/mol. The number of carbonyl (C=O) groups is 4. The molecule has 0 aromatic heterocycles. The highest BCUT2D eigenvalue weighted by molar-refractivity contribution is 6.08. The first-order valence-corrected chi connectivity index (χ1v) is 9.53. The van der Waals surface area contributed by atoms with E-state index >= 15 is 0 Å². The number of amides is 4. The van der Waals surface area contributed by atoms with Crippen LogP contribution in [0.5, 0.6) is 0 Å². The quantitative estimate of drug-likeness (QED) is 0.608. The molecule has 0 spiro atoms. The van der Waals surface area contributed by atoms with Crippen molar-refractivity contribution in [3.63, 3.8) is 0 Å². The summed E-state index contributed by atoms with van der Waals surface area (Å²) in [5, 5.41) is 2.66. The zero-order valence-electron chi connectivity index (χ0n) is 16.5. The van der Waals surface area contributed by atoms with Gasteiger partial charge >= 0.3 is 6.03 Å². The third kappa shape index (κ3) is 3.72. The van der Waals surface area contributed by atoms with Crippen molar-refractivity contribution in [3.05, 3.63) is 29.8 Å². The standard InChI is InChI=1S/C20H26N4O4/c1-4-20(3)18(27)24(19(28)21-20)13-17(26)23-11-9-22(10-12-23)16-7-5-15(6-8-16)14(2)25/h5-8H,4,9-13H2,1-3H3,(H,21,28)/t20-/m1/s1. The Morgan fingerprint density at radius 3 is 2.18 bits per heavy atom. The van der Waals surface area contributed by atoms with Gasteiger partial charge in [-0.05, 0) is 44.5 Å². The van der Waals surface area contributed by atoms with Crippen molar-refractivity contribution in [1.82, 2.24) is 15.1 Å². The third-order valence-electron chi connectivity index (χ3n) is 5.62. The lowest BCUT2D eigenvalue weighted by Crippen LogP contribution is -2.52. The van der Waals surface area contributed by atoms with E-state index in [1.807, 2.05) is 19.1 Å². The van der Waals surface area contributed by atoms with E-state index in [0.29, 0.717) is 38.2 Å². The fourth-order valence-electron chi connectivity index (χ4n) is 3.49. The van der Waals surface area contributed by atoms with Crippen LogP contribution in [0.25, 0.3) is 0 Å². The van der Waals surface area contributed by atoms with Crippen molar-refractivity contribution in [1.29, 1.82) is 0 Å². The van der Waals surface area contributed by atoms with E-state index in [-0.39, 0.29) is 24.1 Å². The minimum atomic E-state index is -0.928. The van der Waals surface area contributed by atoms with E-state index in [1.165, 1.54) is 6.92 Å². The van der Waals surface area contributed by atoms with Crippen LogP contribution in [-0.2, 0) is 9.59 Å². The first-order chi connectivity index (χ1) is 13.2. The largest absolute Gasteiger partial charge is 0.368 e. The molecule has 0 radical (unpaired) electrons. The van der Waals surface area contributed by atoms with Crippen LogP contribution in [0.1, 0.15) is 37.6 Å². The summed E-state index contributed by atoms with van der Waals surface area (Å²) in [4.78, 5) is 53.4. The molecule has 28 heavy (non-hydrogen) atoms. The minimum Gasteiger partial charge on any atom is -0.368 e. The Hall–Kier alpha value is -2.90. The van der Waals surface area contributed by atoms with E-state index < -0.39 is 11.6 Å². The molecule has 2 aliphatic rings. The number of piperazine rings is 1. The molecule has 2 aliphatic heterocycles. The Morgan fingerprint density at radius 2 is 1.68 bits per heavy atom. The van der Waals surface area contributed by atoms with Gasteiger partial charge in [0.2, 0.25) is 5.91 Å². The van der Waals surface area contributed by atoms with Gasteiger partial charge in [-0.25, -0.2) is 4.79 Å². The number of imide groups is 1. The van der Waals surface area contributed by atoms with Crippen molar-refractivity contribution < 1.29 is 19.2 Å². The van der Waals surface area contributed by atoms with Gasteiger partial charge in [0.1, 0.15) is 12.1 Å². The molecule has 0 bridgehead atoms. The molecule has 1 aromatic rings. The molecular formula is C20H26N4O4. The van der Waals surface area contributed by atoms with Crippen molar-refractivity contribution in [2.24, 2.45) is 0 Å². The van der Waals surface area contributed by atoms with Gasteiger partial charge in [0, 0.05) is 37.4 Å². The number of anilines is 1. The van der Waals surface area contributed by atoms with Crippen molar-refractivity contribution in [3.8, 4) is 0 Å². The summed E-state index contributed by atoms with van der Waals surface area (Å²) < 4.78 is 0. The summed E-state index contributed by atoms with van der Waals surface area (Å²) in [7, 11) is 0. The number of hydrogen-bond acceptors (Lipinski definition) is 5. The van der Waals surface area contributed by atoms with Gasteiger partial charge in [0.15, 0.2) is 5.78 Å². The highest BCUT2D eigenvalue weighted by Gasteiger charge is 2.47. The molecule has 8 nitrogen and oxygen atoms in total. The van der Waals surface area contributed by atoms with Gasteiger partial charge in [-0.2, -0.15) is 0 Å². The first kappa shape index (κ1) is 19.9. The van der Waals surface area contributed by atoms with Crippen molar-refractivity contribution in [2.75, 3.05) is 37.6 Å².